The lowest BCUT2D eigenvalue weighted by atomic mass is 10.1. The lowest BCUT2D eigenvalue weighted by molar-refractivity contribution is 0.0578. The van der Waals surface area contributed by atoms with Gasteiger partial charge in [0.1, 0.15) is 5.69 Å². The number of aromatic nitrogens is 1. The Balaban J connectivity index is 1.43. The highest BCUT2D eigenvalue weighted by molar-refractivity contribution is 7.07. The Kier molecular flexibility index (Phi) is 4.83. The average Bonchev–Trinajstić information content (AvgIpc) is 3.36. The van der Waals surface area contributed by atoms with E-state index in [2.05, 4.69) is 58.8 Å². The number of amides is 1. The molecule has 1 saturated heterocycles. The molecular weight excluding hydrogens is 342 g/mol. The molecule has 1 N–H and O–H groups in total. The van der Waals surface area contributed by atoms with E-state index in [4.69, 9.17) is 0 Å². The maximum atomic E-state index is 12.9. The van der Waals surface area contributed by atoms with E-state index in [1.54, 1.807) is 11.3 Å². The van der Waals surface area contributed by atoms with Crippen LogP contribution in [0.25, 0.3) is 10.9 Å². The van der Waals surface area contributed by atoms with E-state index in [1.807, 2.05) is 11.0 Å². The van der Waals surface area contributed by atoms with Crippen LogP contribution in [0.2, 0.25) is 0 Å². The zero-order valence-electron chi connectivity index (χ0n) is 15.4. The predicted octanol–water partition coefficient (Wildman–Crippen LogP) is 4.31. The molecule has 0 radical (unpaired) electrons. The lowest BCUT2D eigenvalue weighted by Gasteiger charge is -2.37. The van der Waals surface area contributed by atoms with Gasteiger partial charge in [-0.2, -0.15) is 11.3 Å². The molecule has 0 aliphatic carbocycles. The van der Waals surface area contributed by atoms with E-state index in [0.717, 1.165) is 43.5 Å². The topological polar surface area (TPSA) is 39.3 Å². The summed E-state index contributed by atoms with van der Waals surface area (Å²) in [6.07, 6.45) is 1.00. The number of benzene rings is 1. The van der Waals surface area contributed by atoms with Gasteiger partial charge in [0.2, 0.25) is 0 Å². The molecule has 1 unspecified atom stereocenters. The summed E-state index contributed by atoms with van der Waals surface area (Å²) in [4.78, 5) is 20.7. The van der Waals surface area contributed by atoms with Gasteiger partial charge in [-0.1, -0.05) is 19.1 Å². The molecule has 2 aromatic heterocycles. The van der Waals surface area contributed by atoms with Gasteiger partial charge >= 0.3 is 0 Å². The lowest BCUT2D eigenvalue weighted by Crippen LogP contribution is -2.49. The second-order valence-corrected chi connectivity index (χ2v) is 7.80. The van der Waals surface area contributed by atoms with Crippen LogP contribution in [0.15, 0.2) is 41.1 Å². The molecule has 136 valence electrons. The number of H-pyrrole nitrogens is 1. The number of nitrogens with one attached hydrogen (secondary N) is 1. The van der Waals surface area contributed by atoms with Crippen molar-refractivity contribution in [2.24, 2.45) is 0 Å². The fourth-order valence-electron chi connectivity index (χ4n) is 3.72. The summed E-state index contributed by atoms with van der Waals surface area (Å²) in [5, 5.41) is 5.46. The van der Waals surface area contributed by atoms with Gasteiger partial charge in [0, 0.05) is 43.1 Å². The average molecular weight is 368 g/mol. The standard InChI is InChI=1S/C21H25N3OS/c1-3-16-4-5-17-13-20(22-19(17)12-16)21(25)24-9-7-23(8-10-24)15(2)18-6-11-26-14-18/h4-6,11-15,22H,3,7-10H2,1-2H3. The Morgan fingerprint density at radius 3 is 2.69 bits per heavy atom. The van der Waals surface area contributed by atoms with Crippen molar-refractivity contribution in [2.75, 3.05) is 26.2 Å². The monoisotopic (exact) mass is 367 g/mol. The van der Waals surface area contributed by atoms with Crippen molar-refractivity contribution in [1.82, 2.24) is 14.8 Å². The Morgan fingerprint density at radius 1 is 1.19 bits per heavy atom. The predicted molar refractivity (Wildman–Crippen MR) is 108 cm³/mol. The number of hydrogen-bond acceptors (Lipinski definition) is 3. The third-order valence-corrected chi connectivity index (χ3v) is 6.20. The summed E-state index contributed by atoms with van der Waals surface area (Å²) in [6, 6.07) is 11.0. The highest BCUT2D eigenvalue weighted by Crippen LogP contribution is 2.24. The highest BCUT2D eigenvalue weighted by atomic mass is 32.1. The van der Waals surface area contributed by atoms with Crippen LogP contribution in [0, 0.1) is 0 Å². The highest BCUT2D eigenvalue weighted by Gasteiger charge is 2.26. The van der Waals surface area contributed by atoms with Gasteiger partial charge in [0.05, 0.1) is 0 Å². The third-order valence-electron chi connectivity index (χ3n) is 5.50. The van der Waals surface area contributed by atoms with Crippen molar-refractivity contribution in [1.29, 1.82) is 0 Å². The zero-order valence-corrected chi connectivity index (χ0v) is 16.2. The van der Waals surface area contributed by atoms with Crippen molar-refractivity contribution in [3.8, 4) is 0 Å². The number of rotatable bonds is 4. The van der Waals surface area contributed by atoms with Crippen molar-refractivity contribution in [3.05, 3.63) is 57.9 Å². The minimum absolute atomic E-state index is 0.113. The van der Waals surface area contributed by atoms with E-state index in [9.17, 15) is 4.79 Å². The Bertz CT molecular complexity index is 891. The van der Waals surface area contributed by atoms with Gasteiger partial charge in [-0.05, 0) is 53.4 Å². The van der Waals surface area contributed by atoms with E-state index >= 15 is 0 Å². The first-order chi connectivity index (χ1) is 12.7. The maximum Gasteiger partial charge on any atom is 0.270 e. The molecule has 0 bridgehead atoms. The normalized spacial score (nSPS) is 16.9. The minimum atomic E-state index is 0.113. The fourth-order valence-corrected chi connectivity index (χ4v) is 4.46. The van der Waals surface area contributed by atoms with Gasteiger partial charge in [-0.15, -0.1) is 0 Å². The fraction of sp³-hybridized carbons (Fsp3) is 0.381. The van der Waals surface area contributed by atoms with Crippen LogP contribution in [0.5, 0.6) is 0 Å². The molecule has 4 nitrogen and oxygen atoms in total. The number of aromatic amines is 1. The Labute approximate surface area is 158 Å². The van der Waals surface area contributed by atoms with Gasteiger partial charge in [0.25, 0.3) is 5.91 Å². The first-order valence-electron chi connectivity index (χ1n) is 9.32. The van der Waals surface area contributed by atoms with Crippen LogP contribution in [0.1, 0.15) is 41.5 Å². The molecule has 3 aromatic rings. The van der Waals surface area contributed by atoms with Crippen molar-refractivity contribution in [3.63, 3.8) is 0 Å². The second kappa shape index (κ2) is 7.25. The molecule has 1 aromatic carbocycles. The molecule has 4 rings (SSSR count). The van der Waals surface area contributed by atoms with Crippen LogP contribution in [0.3, 0.4) is 0 Å². The molecule has 1 aliphatic rings. The summed E-state index contributed by atoms with van der Waals surface area (Å²) in [6.45, 7) is 7.80. The molecule has 1 fully saturated rings. The van der Waals surface area contributed by atoms with Gasteiger partial charge in [0.15, 0.2) is 0 Å². The number of nitrogens with zero attached hydrogens (tertiary/aromatic N) is 2. The van der Waals surface area contributed by atoms with E-state index in [0.29, 0.717) is 11.7 Å². The molecule has 3 heterocycles. The molecule has 0 spiro atoms. The largest absolute Gasteiger partial charge is 0.351 e. The molecular formula is C21H25N3OS. The van der Waals surface area contributed by atoms with Crippen molar-refractivity contribution >= 4 is 28.1 Å². The molecule has 26 heavy (non-hydrogen) atoms. The van der Waals surface area contributed by atoms with E-state index in [1.165, 1.54) is 11.1 Å². The van der Waals surface area contributed by atoms with Crippen LogP contribution in [0.4, 0.5) is 0 Å². The SMILES string of the molecule is CCc1ccc2cc(C(=O)N3CCN(C(C)c4ccsc4)CC3)[nH]c2c1. The molecule has 1 amide bonds. The summed E-state index contributed by atoms with van der Waals surface area (Å²) in [7, 11) is 0. The summed E-state index contributed by atoms with van der Waals surface area (Å²) in [5.74, 6) is 0.113. The number of thiophene rings is 1. The molecule has 1 aliphatic heterocycles. The summed E-state index contributed by atoms with van der Waals surface area (Å²) in [5.41, 5.74) is 4.41. The first-order valence-corrected chi connectivity index (χ1v) is 10.3. The first kappa shape index (κ1) is 17.3. The maximum absolute atomic E-state index is 12.9. The van der Waals surface area contributed by atoms with Gasteiger partial charge < -0.3 is 9.88 Å². The van der Waals surface area contributed by atoms with Crippen LogP contribution in [-0.2, 0) is 6.42 Å². The smallest absolute Gasteiger partial charge is 0.270 e. The molecule has 1 atom stereocenters. The Hall–Kier alpha value is -2.11. The zero-order chi connectivity index (χ0) is 18.1. The molecule has 0 saturated carbocycles. The summed E-state index contributed by atoms with van der Waals surface area (Å²) >= 11 is 1.74. The number of piperazine rings is 1. The number of carbonyl (C=O) groups excluding carboxylic acids is 1. The molecule has 5 heteroatoms. The van der Waals surface area contributed by atoms with Crippen molar-refractivity contribution < 1.29 is 4.79 Å². The van der Waals surface area contributed by atoms with Gasteiger partial charge in [-0.25, -0.2) is 0 Å². The van der Waals surface area contributed by atoms with Crippen LogP contribution < -0.4 is 0 Å². The minimum Gasteiger partial charge on any atom is -0.351 e. The Morgan fingerprint density at radius 2 is 2.00 bits per heavy atom. The number of carbonyl (C=O) groups is 1. The second-order valence-electron chi connectivity index (χ2n) is 7.02. The van der Waals surface area contributed by atoms with Crippen molar-refractivity contribution in [2.45, 2.75) is 26.3 Å². The van der Waals surface area contributed by atoms with Crippen LogP contribution >= 0.6 is 11.3 Å². The number of aryl methyl sites for hydroxylation is 1. The van der Waals surface area contributed by atoms with Gasteiger partial charge in [-0.3, -0.25) is 9.69 Å². The number of fused-ring (bicyclic) bond motifs is 1. The third kappa shape index (κ3) is 3.29. The van der Waals surface area contributed by atoms with Crippen LogP contribution in [-0.4, -0.2) is 46.9 Å². The summed E-state index contributed by atoms with van der Waals surface area (Å²) < 4.78 is 0. The quantitative estimate of drug-likeness (QED) is 0.746. The van der Waals surface area contributed by atoms with E-state index < -0.39 is 0 Å². The number of hydrogen-bond donors (Lipinski definition) is 1. The van der Waals surface area contributed by atoms with E-state index in [-0.39, 0.29) is 5.91 Å².